The van der Waals surface area contributed by atoms with Gasteiger partial charge in [-0.3, -0.25) is 0 Å². The normalized spacial score (nSPS) is 9.80. The van der Waals surface area contributed by atoms with Crippen LogP contribution in [0, 0.1) is 0 Å². The number of hydrogen-bond acceptors (Lipinski definition) is 5. The first-order valence-electron chi connectivity index (χ1n) is 5.64. The van der Waals surface area contributed by atoms with Crippen molar-refractivity contribution in [2.24, 2.45) is 0 Å². The van der Waals surface area contributed by atoms with Crippen LogP contribution in [-0.4, -0.2) is 32.1 Å². The van der Waals surface area contributed by atoms with E-state index in [4.69, 9.17) is 5.11 Å². The summed E-state index contributed by atoms with van der Waals surface area (Å²) in [5.74, 6) is -1.12. The van der Waals surface area contributed by atoms with Gasteiger partial charge in [-0.25, -0.2) is 24.5 Å². The molecule has 3 N–H and O–H groups in total. The van der Waals surface area contributed by atoms with Gasteiger partial charge < -0.3 is 15.7 Å². The van der Waals surface area contributed by atoms with Gasteiger partial charge >= 0.3 is 12.0 Å². The number of nitrogens with zero attached hydrogens (tertiary/aromatic N) is 3. The highest BCUT2D eigenvalue weighted by atomic mass is 16.4. The molecule has 20 heavy (non-hydrogen) atoms. The van der Waals surface area contributed by atoms with Crippen molar-refractivity contribution in [1.29, 1.82) is 0 Å². The van der Waals surface area contributed by atoms with E-state index in [0.717, 1.165) is 0 Å². The second-order valence-electron chi connectivity index (χ2n) is 3.75. The Bertz CT molecular complexity index is 600. The molecule has 2 rings (SSSR count). The summed E-state index contributed by atoms with van der Waals surface area (Å²) in [5.41, 5.74) is 0.988. The Morgan fingerprint density at radius 2 is 2.05 bits per heavy atom. The molecule has 8 nitrogen and oxygen atoms in total. The average Bonchev–Trinajstić information content (AvgIpc) is 2.47. The van der Waals surface area contributed by atoms with Crippen LogP contribution in [0.3, 0.4) is 0 Å². The number of carboxylic acid groups (broad SMARTS) is 1. The zero-order chi connectivity index (χ0) is 14.4. The summed E-state index contributed by atoms with van der Waals surface area (Å²) in [5, 5.41) is 13.8. The van der Waals surface area contributed by atoms with Gasteiger partial charge in [0.2, 0.25) is 0 Å². The zero-order valence-corrected chi connectivity index (χ0v) is 10.3. The molecular weight excluding hydrogens is 262 g/mol. The number of rotatable bonds is 4. The number of hydrogen-bond donors (Lipinski definition) is 3. The predicted octanol–water partition coefficient (Wildman–Crippen LogP) is 0.892. The van der Waals surface area contributed by atoms with E-state index in [9.17, 15) is 9.59 Å². The molecule has 0 aliphatic carbocycles. The Kier molecular flexibility index (Phi) is 4.17. The monoisotopic (exact) mass is 273 g/mol. The van der Waals surface area contributed by atoms with Gasteiger partial charge in [-0.15, -0.1) is 0 Å². The predicted molar refractivity (Wildman–Crippen MR) is 69.1 cm³/mol. The average molecular weight is 273 g/mol. The number of amides is 2. The van der Waals surface area contributed by atoms with E-state index in [1.54, 1.807) is 12.3 Å². The molecular formula is C12H11N5O3. The maximum Gasteiger partial charge on any atom is 0.354 e. The largest absolute Gasteiger partial charge is 0.477 e. The smallest absolute Gasteiger partial charge is 0.354 e. The molecule has 2 aromatic rings. The van der Waals surface area contributed by atoms with Gasteiger partial charge in [0.15, 0.2) is 0 Å². The van der Waals surface area contributed by atoms with E-state index in [1.807, 2.05) is 0 Å². The molecule has 0 fully saturated rings. The lowest BCUT2D eigenvalue weighted by atomic mass is 10.3. The number of urea groups is 1. The number of pyridine rings is 1. The van der Waals surface area contributed by atoms with Crippen molar-refractivity contribution in [3.05, 3.63) is 48.3 Å². The van der Waals surface area contributed by atoms with Crippen LogP contribution < -0.4 is 10.6 Å². The first-order chi connectivity index (χ1) is 9.65. The minimum Gasteiger partial charge on any atom is -0.477 e. The van der Waals surface area contributed by atoms with Crippen molar-refractivity contribution in [1.82, 2.24) is 20.3 Å². The fourth-order valence-electron chi connectivity index (χ4n) is 1.36. The first-order valence-corrected chi connectivity index (χ1v) is 5.64. The molecule has 2 amide bonds. The van der Waals surface area contributed by atoms with Gasteiger partial charge in [-0.05, 0) is 18.2 Å². The molecule has 102 valence electrons. The lowest BCUT2D eigenvalue weighted by Crippen LogP contribution is -2.28. The molecule has 0 unspecified atom stereocenters. The molecule has 0 bridgehead atoms. The highest BCUT2D eigenvalue weighted by molar-refractivity contribution is 5.90. The van der Waals surface area contributed by atoms with Gasteiger partial charge in [0.05, 0.1) is 24.1 Å². The summed E-state index contributed by atoms with van der Waals surface area (Å²) in [6.07, 6.45) is 4.24. The SMILES string of the molecule is O=C(NCc1ccncn1)Nc1ccc(C(=O)O)nc1. The Morgan fingerprint density at radius 3 is 2.65 bits per heavy atom. The van der Waals surface area contributed by atoms with Gasteiger partial charge in [-0.1, -0.05) is 0 Å². The summed E-state index contributed by atoms with van der Waals surface area (Å²) in [6, 6.07) is 4.01. The number of anilines is 1. The maximum absolute atomic E-state index is 11.6. The Labute approximate surface area is 113 Å². The van der Waals surface area contributed by atoms with Crippen LogP contribution in [0.4, 0.5) is 10.5 Å². The van der Waals surface area contributed by atoms with Crippen LogP contribution in [-0.2, 0) is 6.54 Å². The number of aromatic carboxylic acids is 1. The first kappa shape index (κ1) is 13.4. The third-order valence-corrected chi connectivity index (χ3v) is 2.31. The second-order valence-corrected chi connectivity index (χ2v) is 3.75. The van der Waals surface area contributed by atoms with Crippen molar-refractivity contribution in [2.45, 2.75) is 6.54 Å². The summed E-state index contributed by atoms with van der Waals surface area (Å²) < 4.78 is 0. The van der Waals surface area contributed by atoms with Crippen molar-refractivity contribution in [3.63, 3.8) is 0 Å². The molecule has 0 aliphatic rings. The van der Waals surface area contributed by atoms with Crippen LogP contribution >= 0.6 is 0 Å². The lowest BCUT2D eigenvalue weighted by molar-refractivity contribution is 0.0690. The number of carboxylic acids is 1. The molecule has 0 atom stereocenters. The molecule has 2 aromatic heterocycles. The van der Waals surface area contributed by atoms with E-state index in [1.165, 1.54) is 24.7 Å². The summed E-state index contributed by atoms with van der Waals surface area (Å²) in [7, 11) is 0. The second kappa shape index (κ2) is 6.23. The number of aromatic nitrogens is 3. The quantitative estimate of drug-likeness (QED) is 0.761. The molecule has 8 heteroatoms. The number of carbonyl (C=O) groups excluding carboxylic acids is 1. The molecule has 0 aliphatic heterocycles. The summed E-state index contributed by atoms with van der Waals surface area (Å²) in [6.45, 7) is 0.259. The van der Waals surface area contributed by atoms with Crippen LogP contribution in [0.1, 0.15) is 16.2 Å². The van der Waals surface area contributed by atoms with E-state index < -0.39 is 12.0 Å². The van der Waals surface area contributed by atoms with E-state index >= 15 is 0 Å². The standard InChI is InChI=1S/C12H11N5O3/c18-11(19)10-2-1-9(6-14-10)17-12(20)15-5-8-3-4-13-7-16-8/h1-4,6-7H,5H2,(H,18,19)(H2,15,17,20). The highest BCUT2D eigenvalue weighted by Crippen LogP contribution is 2.05. The number of nitrogens with one attached hydrogen (secondary N) is 2. The topological polar surface area (TPSA) is 117 Å². The third kappa shape index (κ3) is 3.73. The van der Waals surface area contributed by atoms with Crippen molar-refractivity contribution < 1.29 is 14.7 Å². The Hall–Kier alpha value is -3.03. The van der Waals surface area contributed by atoms with Crippen LogP contribution in [0.2, 0.25) is 0 Å². The number of carbonyl (C=O) groups is 2. The minimum absolute atomic E-state index is 0.0862. The van der Waals surface area contributed by atoms with E-state index in [0.29, 0.717) is 11.4 Å². The van der Waals surface area contributed by atoms with Gasteiger partial charge in [-0.2, -0.15) is 0 Å². The molecule has 0 saturated carbocycles. The van der Waals surface area contributed by atoms with E-state index in [2.05, 4.69) is 25.6 Å². The fraction of sp³-hybridized carbons (Fsp3) is 0.0833. The van der Waals surface area contributed by atoms with E-state index in [-0.39, 0.29) is 12.2 Å². The van der Waals surface area contributed by atoms with Crippen LogP contribution in [0.15, 0.2) is 36.9 Å². The van der Waals surface area contributed by atoms with Gasteiger partial charge in [0, 0.05) is 6.20 Å². The van der Waals surface area contributed by atoms with Gasteiger partial charge in [0.1, 0.15) is 12.0 Å². The lowest BCUT2D eigenvalue weighted by Gasteiger charge is -2.06. The highest BCUT2D eigenvalue weighted by Gasteiger charge is 2.06. The Morgan fingerprint density at radius 1 is 1.20 bits per heavy atom. The van der Waals surface area contributed by atoms with Crippen LogP contribution in [0.25, 0.3) is 0 Å². The minimum atomic E-state index is -1.12. The van der Waals surface area contributed by atoms with Crippen LogP contribution in [0.5, 0.6) is 0 Å². The maximum atomic E-state index is 11.6. The van der Waals surface area contributed by atoms with Crippen molar-refractivity contribution >= 4 is 17.7 Å². The third-order valence-electron chi connectivity index (χ3n) is 2.31. The molecule has 0 aromatic carbocycles. The molecule has 2 heterocycles. The van der Waals surface area contributed by atoms with Crippen molar-refractivity contribution in [2.75, 3.05) is 5.32 Å². The summed E-state index contributed by atoms with van der Waals surface area (Å²) >= 11 is 0. The molecule has 0 radical (unpaired) electrons. The zero-order valence-electron chi connectivity index (χ0n) is 10.3. The summed E-state index contributed by atoms with van der Waals surface area (Å²) in [4.78, 5) is 33.6. The fourth-order valence-corrected chi connectivity index (χ4v) is 1.36. The molecule has 0 saturated heterocycles. The van der Waals surface area contributed by atoms with Gasteiger partial charge in [0.25, 0.3) is 0 Å². The molecule has 0 spiro atoms. The van der Waals surface area contributed by atoms with Crippen molar-refractivity contribution in [3.8, 4) is 0 Å². The Balaban J connectivity index is 1.86.